The average molecular weight is 397 g/mol. The van der Waals surface area contributed by atoms with Crippen LogP contribution in [0.15, 0.2) is 28.1 Å². The van der Waals surface area contributed by atoms with Gasteiger partial charge in [0.05, 0.1) is 18.3 Å². The minimum Gasteiger partial charge on any atom is -0.294 e. The number of carbonyl (C=O) groups is 2. The Morgan fingerprint density at radius 1 is 0.625 bits per heavy atom. The first kappa shape index (κ1) is 17.4. The smallest absolute Gasteiger partial charge is 0.170 e. The quantitative estimate of drug-likeness (QED) is 0.480. The second-order valence-electron chi connectivity index (χ2n) is 8.37. The van der Waals surface area contributed by atoms with E-state index in [1.54, 1.807) is 47.0 Å². The molecule has 0 N–H and O–H groups in total. The maximum Gasteiger partial charge on any atom is 0.170 e. The van der Waals surface area contributed by atoms with Crippen LogP contribution in [0.25, 0.3) is 0 Å². The number of hydrogen-bond donors (Lipinski definition) is 0. The van der Waals surface area contributed by atoms with Crippen LogP contribution in [0.1, 0.15) is 53.4 Å². The first-order chi connectivity index (χ1) is 11.1. The summed E-state index contributed by atoms with van der Waals surface area (Å²) in [6, 6.07) is 0. The van der Waals surface area contributed by atoms with Crippen molar-refractivity contribution in [2.45, 2.75) is 53.4 Å². The Morgan fingerprint density at radius 3 is 1.38 bits per heavy atom. The number of carbonyl (C=O) groups excluding carboxylic acids is 2. The molecule has 0 aromatic rings. The zero-order valence-electron chi connectivity index (χ0n) is 14.3. The minimum absolute atomic E-state index is 0.0665. The molecule has 24 heavy (non-hydrogen) atoms. The van der Waals surface area contributed by atoms with Crippen molar-refractivity contribution in [3.8, 4) is 0 Å². The highest BCUT2D eigenvalue weighted by Crippen LogP contribution is 2.64. The predicted molar refractivity (Wildman–Crippen MR) is 107 cm³/mol. The second-order valence-corrected chi connectivity index (χ2v) is 13.1. The summed E-state index contributed by atoms with van der Waals surface area (Å²) in [5.74, 6) is 0.578. The van der Waals surface area contributed by atoms with Crippen molar-refractivity contribution >= 4 is 58.6 Å². The van der Waals surface area contributed by atoms with Gasteiger partial charge >= 0.3 is 0 Å². The lowest BCUT2D eigenvalue weighted by Gasteiger charge is -2.28. The van der Waals surface area contributed by atoms with Gasteiger partial charge in [0, 0.05) is 22.7 Å². The van der Waals surface area contributed by atoms with Crippen molar-refractivity contribution in [3.05, 3.63) is 28.1 Å². The standard InChI is InChI=1S/C18H20O2S4/c1-17(2)5-9(19)13-11(7-17)21-15(23-13)16-22-12-8-18(3,4)6-10(20)14(12)24-16/h5-8H2,1-4H3/b16-15+. The molecule has 0 bridgehead atoms. The summed E-state index contributed by atoms with van der Waals surface area (Å²) in [5.41, 5.74) is 0.133. The van der Waals surface area contributed by atoms with Crippen LogP contribution >= 0.6 is 47.0 Å². The van der Waals surface area contributed by atoms with Crippen molar-refractivity contribution in [2.75, 3.05) is 0 Å². The highest BCUT2D eigenvalue weighted by atomic mass is 32.2. The number of rotatable bonds is 0. The van der Waals surface area contributed by atoms with E-state index >= 15 is 0 Å². The van der Waals surface area contributed by atoms with Crippen molar-refractivity contribution in [3.63, 3.8) is 0 Å². The lowest BCUT2D eigenvalue weighted by atomic mass is 9.80. The zero-order chi connectivity index (χ0) is 17.3. The zero-order valence-corrected chi connectivity index (χ0v) is 17.5. The van der Waals surface area contributed by atoms with E-state index in [1.165, 1.54) is 18.3 Å². The number of hydrogen-bond acceptors (Lipinski definition) is 6. The SMILES string of the molecule is CC1(C)CC(=O)C2=C(C1)S/C(=C1/SC3=C(S1)C(=O)CC(C)(C)C3)S2. The summed E-state index contributed by atoms with van der Waals surface area (Å²) in [4.78, 5) is 29.3. The summed E-state index contributed by atoms with van der Waals surface area (Å²) in [6.45, 7) is 8.69. The van der Waals surface area contributed by atoms with Crippen LogP contribution in [0.5, 0.6) is 0 Å². The molecule has 4 aliphatic rings. The van der Waals surface area contributed by atoms with Crippen LogP contribution in [0.4, 0.5) is 0 Å². The molecule has 0 aromatic heterocycles. The monoisotopic (exact) mass is 396 g/mol. The van der Waals surface area contributed by atoms with Gasteiger partial charge in [-0.1, -0.05) is 74.7 Å². The van der Waals surface area contributed by atoms with Crippen molar-refractivity contribution in [1.29, 1.82) is 0 Å². The molecule has 128 valence electrons. The number of allylic oxidation sites excluding steroid dienone is 4. The molecule has 6 heteroatoms. The molecule has 0 saturated heterocycles. The van der Waals surface area contributed by atoms with Crippen LogP contribution in [0.3, 0.4) is 0 Å². The Bertz CT molecular complexity index is 704. The number of ketones is 2. The number of Topliss-reactive ketones (excluding diaryl/α,β-unsaturated/α-hetero) is 2. The second kappa shape index (κ2) is 5.73. The predicted octanol–water partition coefficient (Wildman–Crippen LogP) is 6.27. The fourth-order valence-electron chi connectivity index (χ4n) is 3.51. The highest BCUT2D eigenvalue weighted by Gasteiger charge is 2.42. The largest absolute Gasteiger partial charge is 0.294 e. The van der Waals surface area contributed by atoms with Gasteiger partial charge in [-0.2, -0.15) is 0 Å². The Labute approximate surface area is 160 Å². The van der Waals surface area contributed by atoms with Gasteiger partial charge in [0.1, 0.15) is 0 Å². The lowest BCUT2D eigenvalue weighted by Crippen LogP contribution is -2.22. The van der Waals surface area contributed by atoms with Crippen LogP contribution < -0.4 is 0 Å². The van der Waals surface area contributed by atoms with Crippen LogP contribution in [-0.4, -0.2) is 11.6 Å². The summed E-state index contributed by atoms with van der Waals surface area (Å²) < 4.78 is 2.42. The van der Waals surface area contributed by atoms with E-state index < -0.39 is 0 Å². The van der Waals surface area contributed by atoms with Crippen LogP contribution in [0.2, 0.25) is 0 Å². The van der Waals surface area contributed by atoms with Gasteiger partial charge in [0.15, 0.2) is 11.6 Å². The van der Waals surface area contributed by atoms with E-state index in [-0.39, 0.29) is 22.4 Å². The van der Waals surface area contributed by atoms with Crippen LogP contribution in [-0.2, 0) is 9.59 Å². The Kier molecular flexibility index (Phi) is 4.15. The first-order valence-corrected chi connectivity index (χ1v) is 11.4. The molecule has 0 aromatic carbocycles. The fourth-order valence-corrected chi connectivity index (χ4v) is 9.68. The topological polar surface area (TPSA) is 34.1 Å². The van der Waals surface area contributed by atoms with Crippen molar-refractivity contribution in [2.24, 2.45) is 10.8 Å². The van der Waals surface area contributed by atoms with Crippen molar-refractivity contribution < 1.29 is 9.59 Å². The molecule has 2 nitrogen and oxygen atoms in total. The molecule has 4 rings (SSSR count). The molecule has 0 spiro atoms. The summed E-state index contributed by atoms with van der Waals surface area (Å²) >= 11 is 6.81. The molecular weight excluding hydrogens is 376 g/mol. The van der Waals surface area contributed by atoms with E-state index in [2.05, 4.69) is 27.7 Å². The van der Waals surface area contributed by atoms with E-state index in [1.807, 2.05) is 0 Å². The van der Waals surface area contributed by atoms with Gasteiger partial charge in [-0.25, -0.2) is 0 Å². The molecule has 0 fully saturated rings. The molecule has 2 heterocycles. The van der Waals surface area contributed by atoms with Gasteiger partial charge in [-0.15, -0.1) is 0 Å². The lowest BCUT2D eigenvalue weighted by molar-refractivity contribution is -0.118. The van der Waals surface area contributed by atoms with Gasteiger partial charge in [0.2, 0.25) is 0 Å². The normalized spacial score (nSPS) is 31.7. The van der Waals surface area contributed by atoms with Crippen LogP contribution in [0, 0.1) is 10.8 Å². The molecule has 0 atom stereocenters. The molecule has 2 aliphatic carbocycles. The maximum atomic E-state index is 12.4. The third-order valence-corrected chi connectivity index (χ3v) is 10.4. The summed E-state index contributed by atoms with van der Waals surface area (Å²) in [5, 5.41) is 0. The number of thioether (sulfide) groups is 4. The van der Waals surface area contributed by atoms with E-state index in [0.717, 1.165) is 22.7 Å². The fraction of sp³-hybridized carbons (Fsp3) is 0.556. The van der Waals surface area contributed by atoms with Gasteiger partial charge in [0.25, 0.3) is 0 Å². The molecule has 0 saturated carbocycles. The molecular formula is C18H20O2S4. The third-order valence-electron chi connectivity index (χ3n) is 4.56. The molecule has 0 amide bonds. The third kappa shape index (κ3) is 3.08. The minimum atomic E-state index is 0.0665. The molecule has 0 unspecified atom stereocenters. The van der Waals surface area contributed by atoms with Gasteiger partial charge in [-0.3, -0.25) is 9.59 Å². The van der Waals surface area contributed by atoms with E-state index in [0.29, 0.717) is 12.8 Å². The molecule has 0 radical (unpaired) electrons. The van der Waals surface area contributed by atoms with Crippen molar-refractivity contribution in [1.82, 2.24) is 0 Å². The first-order valence-electron chi connectivity index (χ1n) is 8.12. The average Bonchev–Trinajstić information content (AvgIpc) is 2.99. The Hall–Kier alpha value is -0.0400. The van der Waals surface area contributed by atoms with Gasteiger partial charge < -0.3 is 0 Å². The maximum absolute atomic E-state index is 12.4. The Balaban J connectivity index is 1.58. The highest BCUT2D eigenvalue weighted by molar-refractivity contribution is 8.34. The summed E-state index contributed by atoms with van der Waals surface area (Å²) in [6.07, 6.45) is 3.25. The summed E-state index contributed by atoms with van der Waals surface area (Å²) in [7, 11) is 0. The Morgan fingerprint density at radius 2 is 1.00 bits per heavy atom. The molecule has 2 aliphatic heterocycles. The van der Waals surface area contributed by atoms with Gasteiger partial charge in [-0.05, 0) is 23.7 Å². The van der Waals surface area contributed by atoms with E-state index in [4.69, 9.17) is 0 Å². The van der Waals surface area contributed by atoms with E-state index in [9.17, 15) is 9.59 Å².